The third-order valence-corrected chi connectivity index (χ3v) is 13.6. The van der Waals surface area contributed by atoms with E-state index in [1.165, 1.54) is 12.4 Å². The fraction of sp³-hybridized carbons (Fsp3) is 0.538. The predicted octanol–water partition coefficient (Wildman–Crippen LogP) is 10.7. The molecule has 346 valence electrons. The van der Waals surface area contributed by atoms with E-state index in [0.717, 1.165) is 64.2 Å². The van der Waals surface area contributed by atoms with Crippen LogP contribution in [0.2, 0.25) is 0 Å². The molecule has 2 aliphatic rings. The monoisotopic (exact) mass is 879 g/mol. The van der Waals surface area contributed by atoms with Crippen LogP contribution < -0.4 is 0 Å². The lowest BCUT2D eigenvalue weighted by atomic mass is 9.83. The van der Waals surface area contributed by atoms with Gasteiger partial charge >= 0.3 is 0 Å². The number of aryl methyl sites for hydroxylation is 2. The van der Waals surface area contributed by atoms with E-state index in [0.29, 0.717) is 59.0 Å². The number of phenols is 6. The highest BCUT2D eigenvalue weighted by Gasteiger charge is 2.32. The molecule has 2 aliphatic heterocycles. The Morgan fingerprint density at radius 3 is 1.31 bits per heavy atom. The third-order valence-electron chi connectivity index (χ3n) is 13.6. The molecule has 0 radical (unpaired) electrons. The van der Waals surface area contributed by atoms with E-state index in [1.807, 2.05) is 49.6 Å². The number of hydrogen-bond acceptors (Lipinski definition) is 10. The molecule has 4 aromatic carbocycles. The van der Waals surface area contributed by atoms with Crippen LogP contribution in [-0.4, -0.2) is 103 Å². The lowest BCUT2D eigenvalue weighted by molar-refractivity contribution is -0.129. The Hall–Kier alpha value is -5.52. The van der Waals surface area contributed by atoms with Crippen molar-refractivity contribution in [1.82, 2.24) is 9.80 Å². The van der Waals surface area contributed by atoms with Gasteiger partial charge in [-0.1, -0.05) is 92.2 Å². The van der Waals surface area contributed by atoms with Crippen LogP contribution in [0.1, 0.15) is 164 Å². The molecule has 4 aromatic rings. The van der Waals surface area contributed by atoms with Gasteiger partial charge in [0, 0.05) is 94.6 Å². The van der Waals surface area contributed by atoms with Crippen molar-refractivity contribution in [2.45, 2.75) is 156 Å². The van der Waals surface area contributed by atoms with E-state index in [4.69, 9.17) is 0 Å². The summed E-state index contributed by atoms with van der Waals surface area (Å²) in [4.78, 5) is 38.7. The minimum absolute atomic E-state index is 0.0994. The van der Waals surface area contributed by atoms with Crippen LogP contribution in [0.4, 0.5) is 0 Å². The maximum absolute atomic E-state index is 12.8. The van der Waals surface area contributed by atoms with Crippen molar-refractivity contribution in [2.75, 3.05) is 26.2 Å². The van der Waals surface area contributed by atoms with Crippen LogP contribution in [0.3, 0.4) is 0 Å². The number of benzene rings is 4. The number of hydrogen-bond donors (Lipinski definition) is 6. The molecule has 2 atom stereocenters. The first-order valence-electron chi connectivity index (χ1n) is 23.6. The van der Waals surface area contributed by atoms with Crippen LogP contribution in [0.15, 0.2) is 22.1 Å². The minimum atomic E-state index is -0.442. The Morgan fingerprint density at radius 2 is 0.969 bits per heavy atom. The normalized spacial score (nSPS) is 17.2. The number of aromatic hydroxyl groups is 6. The number of aliphatic imine (C=N–C) groups is 2. The van der Waals surface area contributed by atoms with Gasteiger partial charge in [0.15, 0.2) is 23.0 Å². The van der Waals surface area contributed by atoms with Crippen molar-refractivity contribution >= 4 is 45.8 Å². The van der Waals surface area contributed by atoms with Crippen molar-refractivity contribution in [3.8, 4) is 45.6 Å². The maximum Gasteiger partial charge on any atom is 0.222 e. The van der Waals surface area contributed by atoms with Gasteiger partial charge in [-0.2, -0.15) is 0 Å². The van der Waals surface area contributed by atoms with Gasteiger partial charge in [-0.3, -0.25) is 19.6 Å². The number of fused-ring (bicyclic) bond motifs is 2. The number of likely N-dealkylation sites (tertiary alicyclic amines) is 2. The highest BCUT2D eigenvalue weighted by Crippen LogP contribution is 2.54. The lowest BCUT2D eigenvalue weighted by Gasteiger charge is -2.24. The predicted molar refractivity (Wildman–Crippen MR) is 257 cm³/mol. The highest BCUT2D eigenvalue weighted by molar-refractivity contribution is 6.15. The molecule has 12 nitrogen and oxygen atoms in total. The number of phenolic OH excluding ortho intramolecular Hbond substituents is 6. The van der Waals surface area contributed by atoms with Crippen LogP contribution in [0.5, 0.6) is 34.5 Å². The van der Waals surface area contributed by atoms with Gasteiger partial charge in [-0.05, 0) is 73.3 Å². The van der Waals surface area contributed by atoms with Crippen molar-refractivity contribution in [3.63, 3.8) is 0 Å². The van der Waals surface area contributed by atoms with Crippen LogP contribution >= 0.6 is 0 Å². The molecule has 2 heterocycles. The molecule has 6 N–H and O–H groups in total. The summed E-state index contributed by atoms with van der Waals surface area (Å²) in [5.74, 6) is -2.30. The number of rotatable bonds is 19. The third kappa shape index (κ3) is 9.33. The van der Waals surface area contributed by atoms with Gasteiger partial charge in [-0.15, -0.1) is 0 Å². The van der Waals surface area contributed by atoms with Crippen molar-refractivity contribution in [1.29, 1.82) is 0 Å². The van der Waals surface area contributed by atoms with Crippen molar-refractivity contribution < 1.29 is 40.2 Å². The first-order valence-corrected chi connectivity index (χ1v) is 23.6. The van der Waals surface area contributed by atoms with E-state index >= 15 is 0 Å². The fourth-order valence-electron chi connectivity index (χ4n) is 10.3. The van der Waals surface area contributed by atoms with Gasteiger partial charge in [-0.25, -0.2) is 0 Å². The average molecular weight is 879 g/mol. The zero-order valence-electron chi connectivity index (χ0n) is 39.2. The second kappa shape index (κ2) is 20.5. The molecule has 0 spiro atoms. The zero-order valence-corrected chi connectivity index (χ0v) is 39.2. The van der Waals surface area contributed by atoms with Gasteiger partial charge in [0.1, 0.15) is 11.5 Å². The van der Waals surface area contributed by atoms with E-state index < -0.39 is 11.5 Å². The molecule has 0 unspecified atom stereocenters. The SMILES string of the molecule is CCCCC[C@@H]1CCC(=O)N1CCN=Cc1c(O)c(O)c(C(C)C)c2cc(C)c(-c3c(C)cc4c(C(C)C)c(O)c(O)c(C=NCCN5C(=O)CC[C@@H]5CCCCC)c4c3O)c(O)c12. The maximum atomic E-state index is 12.8. The van der Waals surface area contributed by atoms with Crippen molar-refractivity contribution in [2.24, 2.45) is 9.98 Å². The molecular formula is C52H70N4O8. The first kappa shape index (κ1) is 47.9. The summed E-state index contributed by atoms with van der Waals surface area (Å²) in [6.45, 7) is 16.8. The second-order valence-corrected chi connectivity index (χ2v) is 18.7. The largest absolute Gasteiger partial charge is 0.507 e. The van der Waals surface area contributed by atoms with Gasteiger partial charge in [0.05, 0.1) is 13.1 Å². The summed E-state index contributed by atoms with van der Waals surface area (Å²) in [6.07, 6.45) is 14.0. The molecule has 2 saturated heterocycles. The Kier molecular flexibility index (Phi) is 15.4. The standard InChI is InChI=1S/C52H70N4O8/c1-9-11-13-15-33-17-19-39(57)55(33)23-21-53-27-37-45-35(41(29(3)4)51(63)47(37)59)25-31(7)43(49(45)61)44-32(8)26-36-42(30(5)6)52(64)48(60)38(46(36)50(44)62)28-54-22-24-56-34(16-14-12-10-2)18-20-40(56)58/h25-30,33-34,59-64H,9-24H2,1-8H3/t33-,34+. The summed E-state index contributed by atoms with van der Waals surface area (Å²) in [7, 11) is 0. The van der Waals surface area contributed by atoms with Gasteiger partial charge < -0.3 is 40.4 Å². The fourth-order valence-corrected chi connectivity index (χ4v) is 10.3. The smallest absolute Gasteiger partial charge is 0.222 e. The zero-order chi connectivity index (χ0) is 46.6. The number of amides is 2. The molecule has 2 amide bonds. The van der Waals surface area contributed by atoms with E-state index in [-0.39, 0.29) is 105 Å². The molecular weight excluding hydrogens is 809 g/mol. The van der Waals surface area contributed by atoms with E-state index in [9.17, 15) is 40.2 Å². The Balaban J connectivity index is 1.46. The van der Waals surface area contributed by atoms with Crippen LogP contribution in [0, 0.1) is 13.8 Å². The molecule has 12 heteroatoms. The molecule has 2 fully saturated rings. The van der Waals surface area contributed by atoms with Crippen LogP contribution in [-0.2, 0) is 9.59 Å². The summed E-state index contributed by atoms with van der Waals surface area (Å²) < 4.78 is 0. The summed E-state index contributed by atoms with van der Waals surface area (Å²) in [6, 6.07) is 4.00. The number of carbonyl (C=O) groups is 2. The highest BCUT2D eigenvalue weighted by atomic mass is 16.3. The van der Waals surface area contributed by atoms with Crippen LogP contribution in [0.25, 0.3) is 32.7 Å². The molecule has 0 aliphatic carbocycles. The first-order chi connectivity index (χ1) is 30.5. The molecule has 0 saturated carbocycles. The quantitative estimate of drug-likeness (QED) is 0.0305. The van der Waals surface area contributed by atoms with E-state index in [2.05, 4.69) is 23.8 Å². The molecule has 64 heavy (non-hydrogen) atoms. The Morgan fingerprint density at radius 1 is 0.594 bits per heavy atom. The average Bonchev–Trinajstić information content (AvgIpc) is 3.78. The molecule has 6 rings (SSSR count). The second-order valence-electron chi connectivity index (χ2n) is 18.7. The summed E-state index contributed by atoms with van der Waals surface area (Å²) in [5.41, 5.74) is 2.78. The Bertz CT molecular complexity index is 2290. The number of carbonyl (C=O) groups excluding carboxylic acids is 2. The van der Waals surface area contributed by atoms with E-state index in [1.54, 1.807) is 13.8 Å². The van der Waals surface area contributed by atoms with Crippen molar-refractivity contribution in [3.05, 3.63) is 45.5 Å². The van der Waals surface area contributed by atoms with Gasteiger partial charge in [0.25, 0.3) is 0 Å². The van der Waals surface area contributed by atoms with Gasteiger partial charge in [0.2, 0.25) is 11.8 Å². The number of nitrogens with zero attached hydrogens (tertiary/aromatic N) is 4. The topological polar surface area (TPSA) is 187 Å². The molecule has 0 aromatic heterocycles. The Labute approximate surface area is 378 Å². The lowest BCUT2D eigenvalue weighted by Crippen LogP contribution is -2.35. The molecule has 0 bridgehead atoms. The minimum Gasteiger partial charge on any atom is -0.507 e. The summed E-state index contributed by atoms with van der Waals surface area (Å²) >= 11 is 0. The number of unbranched alkanes of at least 4 members (excludes halogenated alkanes) is 4. The summed E-state index contributed by atoms with van der Waals surface area (Å²) in [5, 5.41) is 72.7.